The van der Waals surface area contributed by atoms with Crippen LogP contribution in [0.2, 0.25) is 0 Å². The van der Waals surface area contributed by atoms with Crippen molar-refractivity contribution in [2.24, 2.45) is 0 Å². The normalized spacial score (nSPS) is 14.1. The third kappa shape index (κ3) is 3.35. The van der Waals surface area contributed by atoms with Crippen molar-refractivity contribution in [3.05, 3.63) is 65.5 Å². The fraction of sp³-hybridized carbons (Fsp3) is 0.267. The predicted octanol–water partition coefficient (Wildman–Crippen LogP) is 3.77. The van der Waals surface area contributed by atoms with E-state index in [4.69, 9.17) is 0 Å². The molecule has 0 aliphatic heterocycles. The van der Waals surface area contributed by atoms with E-state index in [-0.39, 0.29) is 12.1 Å². The second kappa shape index (κ2) is 5.89. The molecule has 0 bridgehead atoms. The summed E-state index contributed by atoms with van der Waals surface area (Å²) in [5.74, 6) is -1.09. The van der Waals surface area contributed by atoms with Gasteiger partial charge in [0.05, 0.1) is 0 Å². The molecule has 1 N–H and O–H groups in total. The van der Waals surface area contributed by atoms with Crippen molar-refractivity contribution in [1.82, 2.24) is 10.3 Å². The van der Waals surface area contributed by atoms with Crippen molar-refractivity contribution in [3.8, 4) is 0 Å². The van der Waals surface area contributed by atoms with E-state index >= 15 is 0 Å². The number of nitrogens with one attached hydrogen (secondary N) is 1. The van der Waals surface area contributed by atoms with Crippen LogP contribution in [0.5, 0.6) is 0 Å². The monoisotopic (exact) mass is 262 g/mol. The third-order valence-electron chi connectivity index (χ3n) is 3.11. The van der Waals surface area contributed by atoms with E-state index in [2.05, 4.69) is 10.3 Å². The number of hydrogen-bond acceptors (Lipinski definition) is 2. The van der Waals surface area contributed by atoms with Gasteiger partial charge in [0.25, 0.3) is 0 Å². The Bertz CT molecular complexity index is 543. The zero-order valence-electron chi connectivity index (χ0n) is 10.9. The van der Waals surface area contributed by atoms with Crippen molar-refractivity contribution in [2.45, 2.75) is 25.9 Å². The molecule has 1 heterocycles. The zero-order valence-corrected chi connectivity index (χ0v) is 10.9. The van der Waals surface area contributed by atoms with Gasteiger partial charge in [0.2, 0.25) is 0 Å². The van der Waals surface area contributed by atoms with E-state index in [1.165, 1.54) is 12.1 Å². The van der Waals surface area contributed by atoms with E-state index in [1.807, 2.05) is 26.0 Å². The van der Waals surface area contributed by atoms with Crippen LogP contribution >= 0.6 is 0 Å². The Morgan fingerprint density at radius 2 is 1.89 bits per heavy atom. The fourth-order valence-electron chi connectivity index (χ4n) is 2.05. The van der Waals surface area contributed by atoms with E-state index in [0.717, 1.165) is 11.6 Å². The molecular formula is C15H16F2N2. The van der Waals surface area contributed by atoms with Crippen LogP contribution in [0.3, 0.4) is 0 Å². The highest BCUT2D eigenvalue weighted by Gasteiger charge is 2.14. The zero-order chi connectivity index (χ0) is 13.8. The minimum atomic E-state index is -0.561. The van der Waals surface area contributed by atoms with E-state index in [1.54, 1.807) is 12.4 Å². The number of pyridine rings is 1. The molecule has 4 heteroatoms. The van der Waals surface area contributed by atoms with Gasteiger partial charge in [-0.25, -0.2) is 8.78 Å². The van der Waals surface area contributed by atoms with Crippen molar-refractivity contribution in [1.29, 1.82) is 0 Å². The van der Waals surface area contributed by atoms with E-state index in [9.17, 15) is 8.78 Å². The molecule has 100 valence electrons. The summed E-state index contributed by atoms with van der Waals surface area (Å²) in [6.45, 7) is 3.83. The fourth-order valence-corrected chi connectivity index (χ4v) is 2.05. The largest absolute Gasteiger partial charge is 0.303 e. The first-order valence-electron chi connectivity index (χ1n) is 6.19. The molecule has 2 nitrogen and oxygen atoms in total. The molecule has 0 fully saturated rings. The van der Waals surface area contributed by atoms with Gasteiger partial charge in [0.15, 0.2) is 0 Å². The third-order valence-corrected chi connectivity index (χ3v) is 3.11. The Hall–Kier alpha value is -1.81. The lowest BCUT2D eigenvalue weighted by Crippen LogP contribution is -2.23. The van der Waals surface area contributed by atoms with Gasteiger partial charge in [-0.05, 0) is 31.5 Å². The SMILES string of the molecule is CC(N[C@@H](C)c1cccnc1)c1ccc(F)cc1F. The summed E-state index contributed by atoms with van der Waals surface area (Å²) in [4.78, 5) is 4.05. The van der Waals surface area contributed by atoms with Crippen LogP contribution in [0.25, 0.3) is 0 Å². The number of aromatic nitrogens is 1. The van der Waals surface area contributed by atoms with Gasteiger partial charge in [-0.3, -0.25) is 4.98 Å². The lowest BCUT2D eigenvalue weighted by atomic mass is 10.0. The van der Waals surface area contributed by atoms with Crippen molar-refractivity contribution in [2.75, 3.05) is 0 Å². The minimum Gasteiger partial charge on any atom is -0.303 e. The first-order valence-corrected chi connectivity index (χ1v) is 6.19. The Balaban J connectivity index is 2.10. The molecule has 0 amide bonds. The van der Waals surface area contributed by atoms with Gasteiger partial charge in [0, 0.05) is 36.1 Å². The molecule has 0 radical (unpaired) electrons. The molecule has 0 saturated carbocycles. The molecule has 1 aromatic heterocycles. The number of benzene rings is 1. The summed E-state index contributed by atoms with van der Waals surface area (Å²) in [5.41, 5.74) is 1.48. The van der Waals surface area contributed by atoms with Crippen LogP contribution in [-0.2, 0) is 0 Å². The smallest absolute Gasteiger partial charge is 0.130 e. The average molecular weight is 262 g/mol. The Morgan fingerprint density at radius 3 is 2.53 bits per heavy atom. The molecule has 0 saturated heterocycles. The van der Waals surface area contributed by atoms with Crippen LogP contribution in [0.15, 0.2) is 42.7 Å². The minimum absolute atomic E-state index is 0.0353. The summed E-state index contributed by atoms with van der Waals surface area (Å²) in [6, 6.07) is 7.28. The van der Waals surface area contributed by atoms with E-state index < -0.39 is 11.6 Å². The molecule has 2 atom stereocenters. The molecule has 0 aliphatic rings. The second-order valence-electron chi connectivity index (χ2n) is 4.56. The van der Waals surface area contributed by atoms with Gasteiger partial charge in [-0.2, -0.15) is 0 Å². The lowest BCUT2D eigenvalue weighted by Gasteiger charge is -2.21. The highest BCUT2D eigenvalue weighted by Crippen LogP contribution is 2.21. The molecule has 2 rings (SSSR count). The molecule has 1 aromatic carbocycles. The highest BCUT2D eigenvalue weighted by molar-refractivity contribution is 5.22. The standard InChI is InChI=1S/C15H16F2N2/c1-10(12-4-3-7-18-9-12)19-11(2)14-6-5-13(16)8-15(14)17/h3-11,19H,1-2H3/t10-,11?/m0/s1. The van der Waals surface area contributed by atoms with Crippen molar-refractivity contribution in [3.63, 3.8) is 0 Å². The summed E-state index contributed by atoms with van der Waals surface area (Å²) in [6.07, 6.45) is 3.48. The Labute approximate surface area is 111 Å². The van der Waals surface area contributed by atoms with Crippen LogP contribution < -0.4 is 5.32 Å². The topological polar surface area (TPSA) is 24.9 Å². The van der Waals surface area contributed by atoms with Gasteiger partial charge in [0.1, 0.15) is 11.6 Å². The van der Waals surface area contributed by atoms with Gasteiger partial charge < -0.3 is 5.32 Å². The van der Waals surface area contributed by atoms with Gasteiger partial charge >= 0.3 is 0 Å². The van der Waals surface area contributed by atoms with Gasteiger partial charge in [-0.15, -0.1) is 0 Å². The number of halogens is 2. The summed E-state index contributed by atoms with van der Waals surface area (Å²) < 4.78 is 26.5. The van der Waals surface area contributed by atoms with E-state index in [0.29, 0.717) is 5.56 Å². The first kappa shape index (κ1) is 13.6. The maximum absolute atomic E-state index is 13.7. The maximum Gasteiger partial charge on any atom is 0.130 e. The van der Waals surface area contributed by atoms with Crippen LogP contribution in [0.4, 0.5) is 8.78 Å². The van der Waals surface area contributed by atoms with Gasteiger partial charge in [-0.1, -0.05) is 12.1 Å². The highest BCUT2D eigenvalue weighted by atomic mass is 19.1. The molecule has 0 spiro atoms. The summed E-state index contributed by atoms with van der Waals surface area (Å²) in [7, 11) is 0. The molecular weight excluding hydrogens is 246 g/mol. The van der Waals surface area contributed by atoms with Crippen LogP contribution in [0, 0.1) is 11.6 Å². The maximum atomic E-state index is 13.7. The quantitative estimate of drug-likeness (QED) is 0.907. The Morgan fingerprint density at radius 1 is 1.11 bits per heavy atom. The molecule has 2 aromatic rings. The second-order valence-corrected chi connectivity index (χ2v) is 4.56. The van der Waals surface area contributed by atoms with Crippen LogP contribution in [-0.4, -0.2) is 4.98 Å². The predicted molar refractivity (Wildman–Crippen MR) is 70.6 cm³/mol. The first-order chi connectivity index (χ1) is 9.08. The molecule has 1 unspecified atom stereocenters. The average Bonchev–Trinajstić information content (AvgIpc) is 2.39. The van der Waals surface area contributed by atoms with Crippen LogP contribution in [0.1, 0.15) is 37.1 Å². The van der Waals surface area contributed by atoms with Crippen molar-refractivity contribution >= 4 is 0 Å². The number of hydrogen-bond donors (Lipinski definition) is 1. The Kier molecular flexibility index (Phi) is 4.22. The number of rotatable bonds is 4. The molecule has 0 aliphatic carbocycles. The summed E-state index contributed by atoms with van der Waals surface area (Å²) >= 11 is 0. The molecule has 19 heavy (non-hydrogen) atoms. The number of nitrogens with zero attached hydrogens (tertiary/aromatic N) is 1. The van der Waals surface area contributed by atoms with Crippen molar-refractivity contribution < 1.29 is 8.78 Å². The summed E-state index contributed by atoms with van der Waals surface area (Å²) in [5, 5.41) is 3.27. The lowest BCUT2D eigenvalue weighted by molar-refractivity contribution is 0.470.